The summed E-state index contributed by atoms with van der Waals surface area (Å²) in [6.45, 7) is 3.39. The molecule has 0 saturated carbocycles. The van der Waals surface area contributed by atoms with Gasteiger partial charge in [-0.3, -0.25) is 9.59 Å². The van der Waals surface area contributed by atoms with E-state index >= 15 is 0 Å². The van der Waals surface area contributed by atoms with Crippen LogP contribution in [0.1, 0.15) is 38.7 Å². The first-order valence-electron chi connectivity index (χ1n) is 6.33. The van der Waals surface area contributed by atoms with Gasteiger partial charge in [0.1, 0.15) is 0 Å². The van der Waals surface area contributed by atoms with Crippen LogP contribution in [0, 0.1) is 0 Å². The van der Waals surface area contributed by atoms with Gasteiger partial charge in [0.25, 0.3) is 5.56 Å². The summed E-state index contributed by atoms with van der Waals surface area (Å²) in [7, 11) is 0. The van der Waals surface area contributed by atoms with E-state index in [-0.39, 0.29) is 24.8 Å². The van der Waals surface area contributed by atoms with E-state index in [1.165, 1.54) is 0 Å². The zero-order valence-electron chi connectivity index (χ0n) is 10.6. The first-order chi connectivity index (χ1) is 8.61. The van der Waals surface area contributed by atoms with E-state index in [0.717, 1.165) is 25.9 Å². The Hall–Kier alpha value is -1.62. The number of pyridine rings is 1. The molecule has 19 heavy (non-hydrogen) atoms. The van der Waals surface area contributed by atoms with E-state index in [0.29, 0.717) is 5.56 Å². The van der Waals surface area contributed by atoms with Crippen LogP contribution in [-0.2, 0) is 4.79 Å². The fraction of sp³-hybridized carbons (Fsp3) is 0.571. The number of hydrogen-bond acceptors (Lipinski definition) is 3. The molecule has 2 atom stereocenters. The highest BCUT2D eigenvalue weighted by atomic mass is 16.2. The molecule has 1 saturated heterocycles. The summed E-state index contributed by atoms with van der Waals surface area (Å²) in [4.78, 5) is 28.2. The molecule has 0 aliphatic carbocycles. The van der Waals surface area contributed by atoms with Crippen LogP contribution < -0.4 is 11.3 Å². The molecule has 1 aliphatic rings. The molecular weight excluding hydrogens is 242 g/mol. The van der Waals surface area contributed by atoms with Crippen molar-refractivity contribution in [3.8, 4) is 0 Å². The van der Waals surface area contributed by atoms with Gasteiger partial charge in [0.05, 0.1) is 6.04 Å². The highest BCUT2D eigenvalue weighted by molar-refractivity contribution is 5.83. The number of hydrogen-bond donors (Lipinski definition) is 2. The lowest BCUT2D eigenvalue weighted by Gasteiger charge is -2.24. The number of likely N-dealkylation sites (tertiary alicyclic amines) is 1. The molecule has 106 valence electrons. The summed E-state index contributed by atoms with van der Waals surface area (Å²) in [5, 5.41) is 0. The van der Waals surface area contributed by atoms with E-state index in [4.69, 9.17) is 5.73 Å². The predicted octanol–water partition coefficient (Wildman–Crippen LogP) is 1.06. The molecule has 1 amide bonds. The first kappa shape index (κ1) is 15.4. The van der Waals surface area contributed by atoms with Crippen LogP contribution in [0.2, 0.25) is 0 Å². The monoisotopic (exact) mass is 265 g/mol. The average molecular weight is 265 g/mol. The number of H-pyrrole nitrogens is 1. The number of aromatic nitrogens is 1. The van der Waals surface area contributed by atoms with Crippen LogP contribution in [0.4, 0.5) is 0 Å². The van der Waals surface area contributed by atoms with Crippen LogP contribution >= 0.6 is 0 Å². The summed E-state index contributed by atoms with van der Waals surface area (Å²) < 4.78 is 0. The van der Waals surface area contributed by atoms with Gasteiger partial charge in [0.15, 0.2) is 0 Å². The maximum absolute atomic E-state index is 12.2. The molecule has 0 spiro atoms. The molecule has 0 bridgehead atoms. The molecule has 1 aromatic heterocycles. The normalized spacial score (nSPS) is 17.7. The topological polar surface area (TPSA) is 79.2 Å². The van der Waals surface area contributed by atoms with Gasteiger partial charge in [0.2, 0.25) is 5.91 Å². The minimum Gasteiger partial charge on any atom is -0.341 e. The molecule has 3 N–H and O–H groups in total. The van der Waals surface area contributed by atoms with Crippen LogP contribution in [0.3, 0.4) is 0 Å². The third-order valence-electron chi connectivity index (χ3n) is 3.58. The Kier molecular flexibility index (Phi) is 5.30. The number of carbonyl (C=O) groups excluding carboxylic acids is 1. The standard InChI is InChI=1S/C13H19N3O2.CH4/c1-9(10-5-4-6-15-12(10)17)11(14)13(18)16-7-2-3-8-16;/h4-6,9,11H,2-3,7-8,14H2,1H3,(H,15,17);1H4/t9-,11+;/m0./s1. The lowest BCUT2D eigenvalue weighted by atomic mass is 9.94. The zero-order chi connectivity index (χ0) is 13.1. The molecule has 2 heterocycles. The van der Waals surface area contributed by atoms with E-state index in [1.54, 1.807) is 23.2 Å². The fourth-order valence-corrected chi connectivity index (χ4v) is 2.35. The molecular formula is C14H23N3O2. The molecule has 2 rings (SSSR count). The number of nitrogens with two attached hydrogens (primary N) is 1. The van der Waals surface area contributed by atoms with Crippen LogP contribution in [0.25, 0.3) is 0 Å². The van der Waals surface area contributed by atoms with Gasteiger partial charge in [-0.05, 0) is 18.9 Å². The number of aromatic amines is 1. The Morgan fingerprint density at radius 3 is 2.63 bits per heavy atom. The van der Waals surface area contributed by atoms with Crippen LogP contribution in [0.5, 0.6) is 0 Å². The van der Waals surface area contributed by atoms with E-state index in [9.17, 15) is 9.59 Å². The molecule has 1 fully saturated rings. The summed E-state index contributed by atoms with van der Waals surface area (Å²) in [6, 6.07) is 2.83. The Bertz CT molecular complexity index is 478. The number of nitrogens with one attached hydrogen (secondary N) is 1. The minimum atomic E-state index is -0.647. The number of nitrogens with zero attached hydrogens (tertiary/aromatic N) is 1. The Balaban J connectivity index is 0.00000180. The average Bonchev–Trinajstić information content (AvgIpc) is 2.90. The molecule has 1 aliphatic heterocycles. The van der Waals surface area contributed by atoms with Crippen molar-refractivity contribution >= 4 is 5.91 Å². The van der Waals surface area contributed by atoms with E-state index in [1.807, 2.05) is 6.92 Å². The van der Waals surface area contributed by atoms with Gasteiger partial charge in [0, 0.05) is 30.8 Å². The Labute approximate surface area is 113 Å². The van der Waals surface area contributed by atoms with Gasteiger partial charge in [-0.1, -0.05) is 20.4 Å². The van der Waals surface area contributed by atoms with Crippen molar-refractivity contribution in [1.29, 1.82) is 0 Å². The lowest BCUT2D eigenvalue weighted by molar-refractivity contribution is -0.131. The Morgan fingerprint density at radius 2 is 2.05 bits per heavy atom. The highest BCUT2D eigenvalue weighted by Gasteiger charge is 2.29. The second kappa shape index (κ2) is 6.52. The quantitative estimate of drug-likeness (QED) is 0.857. The van der Waals surface area contributed by atoms with Crippen molar-refractivity contribution in [2.45, 2.75) is 39.2 Å². The van der Waals surface area contributed by atoms with Gasteiger partial charge in [-0.25, -0.2) is 0 Å². The maximum Gasteiger partial charge on any atom is 0.251 e. The third kappa shape index (κ3) is 3.23. The first-order valence-corrected chi connectivity index (χ1v) is 6.33. The molecule has 0 radical (unpaired) electrons. The number of rotatable bonds is 3. The predicted molar refractivity (Wildman–Crippen MR) is 76.0 cm³/mol. The van der Waals surface area contributed by atoms with Crippen LogP contribution in [-0.4, -0.2) is 34.9 Å². The molecule has 5 heteroatoms. The molecule has 0 unspecified atom stereocenters. The summed E-state index contributed by atoms with van der Waals surface area (Å²) in [5.41, 5.74) is 6.39. The third-order valence-corrected chi connectivity index (χ3v) is 3.58. The van der Waals surface area contributed by atoms with Crippen molar-refractivity contribution in [3.63, 3.8) is 0 Å². The van der Waals surface area contributed by atoms with Crippen molar-refractivity contribution in [2.24, 2.45) is 5.73 Å². The van der Waals surface area contributed by atoms with E-state index < -0.39 is 6.04 Å². The maximum atomic E-state index is 12.2. The number of carbonyl (C=O) groups is 1. The van der Waals surface area contributed by atoms with Crippen molar-refractivity contribution in [1.82, 2.24) is 9.88 Å². The van der Waals surface area contributed by atoms with Gasteiger partial charge in [-0.15, -0.1) is 0 Å². The smallest absolute Gasteiger partial charge is 0.251 e. The summed E-state index contributed by atoms with van der Waals surface area (Å²) in [5.74, 6) is -0.327. The number of amides is 1. The molecule has 0 aromatic carbocycles. The van der Waals surface area contributed by atoms with Crippen molar-refractivity contribution in [2.75, 3.05) is 13.1 Å². The molecule has 1 aromatic rings. The second-order valence-electron chi connectivity index (χ2n) is 4.80. The largest absolute Gasteiger partial charge is 0.341 e. The lowest BCUT2D eigenvalue weighted by Crippen LogP contribution is -2.46. The fourth-order valence-electron chi connectivity index (χ4n) is 2.35. The summed E-state index contributed by atoms with van der Waals surface area (Å²) in [6.07, 6.45) is 3.66. The van der Waals surface area contributed by atoms with Gasteiger partial charge in [-0.2, -0.15) is 0 Å². The van der Waals surface area contributed by atoms with Gasteiger partial charge < -0.3 is 15.6 Å². The summed E-state index contributed by atoms with van der Waals surface area (Å²) >= 11 is 0. The van der Waals surface area contributed by atoms with Crippen LogP contribution in [0.15, 0.2) is 23.1 Å². The molecule has 5 nitrogen and oxygen atoms in total. The second-order valence-corrected chi connectivity index (χ2v) is 4.80. The van der Waals surface area contributed by atoms with E-state index in [2.05, 4.69) is 4.98 Å². The minimum absolute atomic E-state index is 0. The Morgan fingerprint density at radius 1 is 1.42 bits per heavy atom. The van der Waals surface area contributed by atoms with Gasteiger partial charge >= 0.3 is 0 Å². The zero-order valence-corrected chi connectivity index (χ0v) is 10.6. The SMILES string of the molecule is C.C[C@@H](c1ccc[nH]c1=O)[C@@H](N)C(=O)N1CCCC1. The highest BCUT2D eigenvalue weighted by Crippen LogP contribution is 2.18. The van der Waals surface area contributed by atoms with Crippen molar-refractivity contribution < 1.29 is 4.79 Å². The van der Waals surface area contributed by atoms with Crippen molar-refractivity contribution in [3.05, 3.63) is 34.2 Å².